The Balaban J connectivity index is 1.49. The third-order valence-corrected chi connectivity index (χ3v) is 4.70. The second-order valence-electron chi connectivity index (χ2n) is 6.13. The van der Waals surface area contributed by atoms with Crippen molar-refractivity contribution in [1.29, 1.82) is 0 Å². The number of piperazine rings is 1. The number of carbonyl (C=O) groups is 1. The molecule has 0 atom stereocenters. The monoisotopic (exact) mass is 377 g/mol. The van der Waals surface area contributed by atoms with Gasteiger partial charge in [-0.3, -0.25) is 9.69 Å². The van der Waals surface area contributed by atoms with Crippen LogP contribution >= 0.6 is 11.6 Å². The lowest BCUT2D eigenvalue weighted by Crippen LogP contribution is -2.48. The molecule has 2 aromatic carbocycles. The van der Waals surface area contributed by atoms with E-state index in [1.165, 1.54) is 18.2 Å². The molecular weight excluding hydrogens is 357 g/mol. The molecule has 138 valence electrons. The van der Waals surface area contributed by atoms with Gasteiger partial charge in [-0.05, 0) is 42.5 Å². The number of anilines is 2. The number of nitrogens with one attached hydrogen (secondary N) is 1. The molecule has 1 saturated heterocycles. The van der Waals surface area contributed by atoms with Crippen molar-refractivity contribution in [3.05, 3.63) is 53.3 Å². The molecule has 0 radical (unpaired) electrons. The molecule has 3 rings (SSSR count). The van der Waals surface area contributed by atoms with Gasteiger partial charge >= 0.3 is 0 Å². The quantitative estimate of drug-likeness (QED) is 0.868. The van der Waals surface area contributed by atoms with Crippen molar-refractivity contribution in [1.82, 2.24) is 4.90 Å². The number of amides is 1. The van der Waals surface area contributed by atoms with Crippen molar-refractivity contribution in [2.24, 2.45) is 0 Å². The summed E-state index contributed by atoms with van der Waals surface area (Å²) in [4.78, 5) is 16.6. The van der Waals surface area contributed by atoms with Gasteiger partial charge in [0, 0.05) is 31.9 Å². The Morgan fingerprint density at radius 1 is 1.15 bits per heavy atom. The SMILES string of the molecule is COc1ccc(N2CCN(CC(=O)Nc3ccc(F)cc3Cl)CC2)cc1. The number of methoxy groups -OCH3 is 1. The van der Waals surface area contributed by atoms with E-state index in [0.717, 1.165) is 37.6 Å². The summed E-state index contributed by atoms with van der Waals surface area (Å²) in [5, 5.41) is 2.93. The molecule has 1 N–H and O–H groups in total. The van der Waals surface area contributed by atoms with Gasteiger partial charge in [-0.25, -0.2) is 4.39 Å². The maximum Gasteiger partial charge on any atom is 0.238 e. The van der Waals surface area contributed by atoms with Crippen LogP contribution in [0.2, 0.25) is 5.02 Å². The summed E-state index contributed by atoms with van der Waals surface area (Å²) in [6.45, 7) is 3.55. The van der Waals surface area contributed by atoms with E-state index in [9.17, 15) is 9.18 Å². The number of ether oxygens (including phenoxy) is 1. The molecule has 26 heavy (non-hydrogen) atoms. The Hall–Kier alpha value is -2.31. The van der Waals surface area contributed by atoms with Crippen molar-refractivity contribution in [2.75, 3.05) is 50.1 Å². The van der Waals surface area contributed by atoms with Gasteiger partial charge in [-0.2, -0.15) is 0 Å². The van der Waals surface area contributed by atoms with Crippen LogP contribution < -0.4 is 15.0 Å². The number of benzene rings is 2. The van der Waals surface area contributed by atoms with Crippen LogP contribution in [0, 0.1) is 5.82 Å². The first-order chi connectivity index (χ1) is 12.5. The molecule has 5 nitrogen and oxygen atoms in total. The van der Waals surface area contributed by atoms with Crippen molar-refractivity contribution >= 4 is 28.9 Å². The van der Waals surface area contributed by atoms with Crippen LogP contribution in [0.15, 0.2) is 42.5 Å². The predicted molar refractivity (Wildman–Crippen MR) is 102 cm³/mol. The lowest BCUT2D eigenvalue weighted by atomic mass is 10.2. The highest BCUT2D eigenvalue weighted by atomic mass is 35.5. The Bertz CT molecular complexity index is 762. The first kappa shape index (κ1) is 18.5. The highest BCUT2D eigenvalue weighted by Crippen LogP contribution is 2.23. The van der Waals surface area contributed by atoms with Gasteiger partial charge in [0.05, 0.1) is 24.4 Å². The summed E-state index contributed by atoms with van der Waals surface area (Å²) in [5.41, 5.74) is 1.57. The maximum absolute atomic E-state index is 13.1. The normalized spacial score (nSPS) is 15.0. The van der Waals surface area contributed by atoms with Crippen LogP contribution in [-0.4, -0.2) is 50.6 Å². The zero-order valence-corrected chi connectivity index (χ0v) is 15.3. The highest BCUT2D eigenvalue weighted by Gasteiger charge is 2.19. The fourth-order valence-corrected chi connectivity index (χ4v) is 3.16. The van der Waals surface area contributed by atoms with E-state index in [4.69, 9.17) is 16.3 Å². The van der Waals surface area contributed by atoms with Crippen molar-refractivity contribution < 1.29 is 13.9 Å². The highest BCUT2D eigenvalue weighted by molar-refractivity contribution is 6.33. The van der Waals surface area contributed by atoms with Gasteiger partial charge < -0.3 is 15.0 Å². The standard InChI is InChI=1S/C19H21ClFN3O2/c1-26-16-5-3-15(4-6-16)24-10-8-23(9-11-24)13-19(25)22-18-7-2-14(21)12-17(18)20/h2-7,12H,8-11,13H2,1H3,(H,22,25). The van der Waals surface area contributed by atoms with Gasteiger partial charge in [0.25, 0.3) is 0 Å². The Morgan fingerprint density at radius 3 is 2.46 bits per heavy atom. The minimum Gasteiger partial charge on any atom is -0.497 e. The predicted octanol–water partition coefficient (Wildman–Crippen LogP) is 3.25. The third kappa shape index (κ3) is 4.65. The molecule has 0 bridgehead atoms. The van der Waals surface area contributed by atoms with Crippen LogP contribution in [0.5, 0.6) is 5.75 Å². The summed E-state index contributed by atoms with van der Waals surface area (Å²) < 4.78 is 18.2. The van der Waals surface area contributed by atoms with E-state index in [2.05, 4.69) is 15.1 Å². The van der Waals surface area contributed by atoms with E-state index in [-0.39, 0.29) is 17.5 Å². The van der Waals surface area contributed by atoms with Crippen LogP contribution in [0.1, 0.15) is 0 Å². The third-order valence-electron chi connectivity index (χ3n) is 4.38. The largest absolute Gasteiger partial charge is 0.497 e. The molecule has 0 aliphatic carbocycles. The number of hydrogen-bond donors (Lipinski definition) is 1. The molecule has 0 aromatic heterocycles. The van der Waals surface area contributed by atoms with Gasteiger partial charge in [0.1, 0.15) is 11.6 Å². The molecular formula is C19H21ClFN3O2. The second kappa shape index (κ2) is 8.38. The van der Waals surface area contributed by atoms with Gasteiger partial charge in [-0.15, -0.1) is 0 Å². The van der Waals surface area contributed by atoms with Crippen LogP contribution in [0.4, 0.5) is 15.8 Å². The molecule has 2 aromatic rings. The van der Waals surface area contributed by atoms with Crippen LogP contribution in [0.3, 0.4) is 0 Å². The summed E-state index contributed by atoms with van der Waals surface area (Å²) >= 11 is 5.94. The molecule has 1 aliphatic rings. The van der Waals surface area contributed by atoms with E-state index in [1.807, 2.05) is 24.3 Å². The molecule has 1 fully saturated rings. The number of rotatable bonds is 5. The molecule has 1 heterocycles. The summed E-state index contributed by atoms with van der Waals surface area (Å²) in [6.07, 6.45) is 0. The lowest BCUT2D eigenvalue weighted by molar-refractivity contribution is -0.117. The second-order valence-corrected chi connectivity index (χ2v) is 6.54. The molecule has 0 saturated carbocycles. The number of hydrogen-bond acceptors (Lipinski definition) is 4. The molecule has 0 unspecified atom stereocenters. The lowest BCUT2D eigenvalue weighted by Gasteiger charge is -2.35. The smallest absolute Gasteiger partial charge is 0.238 e. The molecule has 7 heteroatoms. The van der Waals surface area contributed by atoms with Gasteiger partial charge in [-0.1, -0.05) is 11.6 Å². The topological polar surface area (TPSA) is 44.8 Å². The summed E-state index contributed by atoms with van der Waals surface area (Å²) in [7, 11) is 1.65. The molecule has 1 aliphatic heterocycles. The Labute approximate surface area is 157 Å². The average molecular weight is 378 g/mol. The average Bonchev–Trinajstić information content (AvgIpc) is 2.65. The number of halogens is 2. The first-order valence-electron chi connectivity index (χ1n) is 8.41. The molecule has 0 spiro atoms. The van der Waals surface area contributed by atoms with E-state index in [1.54, 1.807) is 7.11 Å². The minimum atomic E-state index is -0.428. The van der Waals surface area contributed by atoms with Gasteiger partial charge in [0.2, 0.25) is 5.91 Å². The zero-order chi connectivity index (χ0) is 18.5. The Kier molecular flexibility index (Phi) is 5.96. The number of nitrogens with zero attached hydrogens (tertiary/aromatic N) is 2. The van der Waals surface area contributed by atoms with E-state index >= 15 is 0 Å². The molecule has 1 amide bonds. The van der Waals surface area contributed by atoms with Crippen molar-refractivity contribution in [3.63, 3.8) is 0 Å². The zero-order valence-electron chi connectivity index (χ0n) is 14.5. The summed E-state index contributed by atoms with van der Waals surface area (Å²) in [6, 6.07) is 11.9. The van der Waals surface area contributed by atoms with Gasteiger partial charge in [0.15, 0.2) is 0 Å². The van der Waals surface area contributed by atoms with E-state index in [0.29, 0.717) is 5.69 Å². The van der Waals surface area contributed by atoms with Crippen molar-refractivity contribution in [3.8, 4) is 5.75 Å². The number of carbonyl (C=O) groups excluding carboxylic acids is 1. The maximum atomic E-state index is 13.1. The summed E-state index contributed by atoms with van der Waals surface area (Å²) in [5.74, 6) is 0.252. The van der Waals surface area contributed by atoms with E-state index < -0.39 is 5.82 Å². The fourth-order valence-electron chi connectivity index (χ4n) is 2.94. The van der Waals surface area contributed by atoms with Crippen LogP contribution in [0.25, 0.3) is 0 Å². The minimum absolute atomic E-state index is 0.156. The Morgan fingerprint density at radius 2 is 1.85 bits per heavy atom. The van der Waals surface area contributed by atoms with Crippen molar-refractivity contribution in [2.45, 2.75) is 0 Å². The van der Waals surface area contributed by atoms with Crippen LogP contribution in [-0.2, 0) is 4.79 Å². The first-order valence-corrected chi connectivity index (χ1v) is 8.79. The fraction of sp³-hybridized carbons (Fsp3) is 0.316.